The lowest BCUT2D eigenvalue weighted by Gasteiger charge is -2.30. The van der Waals surface area contributed by atoms with Crippen LogP contribution in [-0.4, -0.2) is 45.8 Å². The Hall–Kier alpha value is -1.27. The fourth-order valence-corrected chi connectivity index (χ4v) is 3.51. The van der Waals surface area contributed by atoms with Gasteiger partial charge in [0.25, 0.3) is 0 Å². The smallest absolute Gasteiger partial charge is 0.211 e. The minimum Gasteiger partial charge on any atom is -0.493 e. The van der Waals surface area contributed by atoms with Gasteiger partial charge in [0.1, 0.15) is 0 Å². The van der Waals surface area contributed by atoms with Crippen molar-refractivity contribution in [3.05, 3.63) is 23.8 Å². The number of sulfonamides is 1. The second-order valence-corrected chi connectivity index (χ2v) is 7.58. The number of nitrogens with zero attached hydrogens (tertiary/aromatic N) is 1. The minimum atomic E-state index is -3.11. The van der Waals surface area contributed by atoms with Crippen molar-refractivity contribution in [2.24, 2.45) is 5.92 Å². The highest BCUT2D eigenvalue weighted by atomic mass is 32.2. The van der Waals surface area contributed by atoms with E-state index in [2.05, 4.69) is 0 Å². The van der Waals surface area contributed by atoms with Gasteiger partial charge in [-0.15, -0.1) is 0 Å². The van der Waals surface area contributed by atoms with Crippen LogP contribution in [0.3, 0.4) is 0 Å². The predicted molar refractivity (Wildman–Crippen MR) is 82.4 cm³/mol. The van der Waals surface area contributed by atoms with E-state index >= 15 is 0 Å². The maximum absolute atomic E-state index is 11.6. The molecule has 0 aliphatic carbocycles. The quantitative estimate of drug-likeness (QED) is 0.835. The Bertz CT molecular complexity index is 585. The summed E-state index contributed by atoms with van der Waals surface area (Å²) in [6.45, 7) is 3.65. The van der Waals surface area contributed by atoms with Gasteiger partial charge in [0.05, 0.1) is 20.0 Å². The van der Waals surface area contributed by atoms with Crippen LogP contribution in [0.2, 0.25) is 0 Å². The van der Waals surface area contributed by atoms with Crippen molar-refractivity contribution in [3.63, 3.8) is 0 Å². The van der Waals surface area contributed by atoms with E-state index in [0.717, 1.165) is 18.4 Å². The monoisotopic (exact) mass is 313 g/mol. The molecule has 1 atom stereocenters. The van der Waals surface area contributed by atoms with E-state index < -0.39 is 10.0 Å². The number of hydrogen-bond acceptors (Lipinski definition) is 4. The lowest BCUT2D eigenvalue weighted by molar-refractivity contribution is 0.176. The van der Waals surface area contributed by atoms with E-state index in [1.807, 2.05) is 25.1 Å². The fourth-order valence-electron chi connectivity index (χ4n) is 2.57. The summed E-state index contributed by atoms with van der Waals surface area (Å²) in [6, 6.07) is 5.80. The Morgan fingerprint density at radius 3 is 2.76 bits per heavy atom. The van der Waals surface area contributed by atoms with Crippen molar-refractivity contribution in [3.8, 4) is 11.5 Å². The highest BCUT2D eigenvalue weighted by Gasteiger charge is 2.26. The SMILES string of the molecule is COc1cc(C)ccc1OCC1CCCN(S(C)(=O)=O)C1. The van der Waals surface area contributed by atoms with E-state index in [1.165, 1.54) is 10.6 Å². The summed E-state index contributed by atoms with van der Waals surface area (Å²) in [5, 5.41) is 0. The van der Waals surface area contributed by atoms with Gasteiger partial charge in [-0.05, 0) is 37.5 Å². The van der Waals surface area contributed by atoms with Crippen molar-refractivity contribution < 1.29 is 17.9 Å². The number of piperidine rings is 1. The van der Waals surface area contributed by atoms with Crippen LogP contribution in [0, 0.1) is 12.8 Å². The molecule has 21 heavy (non-hydrogen) atoms. The number of ether oxygens (including phenoxy) is 2. The first-order valence-corrected chi connectivity index (χ1v) is 8.97. The number of aryl methyl sites for hydroxylation is 1. The minimum absolute atomic E-state index is 0.222. The molecule has 1 aromatic carbocycles. The third-order valence-corrected chi connectivity index (χ3v) is 5.01. The normalized spacial score (nSPS) is 20.2. The Kier molecular flexibility index (Phi) is 5.11. The van der Waals surface area contributed by atoms with E-state index in [4.69, 9.17) is 9.47 Å². The van der Waals surface area contributed by atoms with Crippen LogP contribution >= 0.6 is 0 Å². The summed E-state index contributed by atoms with van der Waals surface area (Å²) in [5.41, 5.74) is 1.11. The Balaban J connectivity index is 1.97. The van der Waals surface area contributed by atoms with Crippen molar-refractivity contribution in [1.82, 2.24) is 4.31 Å². The average molecular weight is 313 g/mol. The van der Waals surface area contributed by atoms with Crippen LogP contribution in [0.25, 0.3) is 0 Å². The molecule has 0 bridgehead atoms. The zero-order valence-corrected chi connectivity index (χ0v) is 13.6. The molecule has 1 unspecified atom stereocenters. The van der Waals surface area contributed by atoms with Gasteiger partial charge < -0.3 is 9.47 Å². The molecule has 1 fully saturated rings. The summed E-state index contributed by atoms with van der Waals surface area (Å²) >= 11 is 0. The van der Waals surface area contributed by atoms with Gasteiger partial charge in [0.15, 0.2) is 11.5 Å². The summed E-state index contributed by atoms with van der Waals surface area (Å²) in [4.78, 5) is 0. The first-order chi connectivity index (χ1) is 9.90. The Morgan fingerprint density at radius 1 is 1.33 bits per heavy atom. The summed E-state index contributed by atoms with van der Waals surface area (Å²) in [7, 11) is -1.49. The van der Waals surface area contributed by atoms with Gasteiger partial charge in [0.2, 0.25) is 10.0 Å². The van der Waals surface area contributed by atoms with Crippen molar-refractivity contribution in [2.45, 2.75) is 19.8 Å². The van der Waals surface area contributed by atoms with E-state index in [-0.39, 0.29) is 5.92 Å². The number of rotatable bonds is 5. The Morgan fingerprint density at radius 2 is 2.10 bits per heavy atom. The largest absolute Gasteiger partial charge is 0.493 e. The van der Waals surface area contributed by atoms with Crippen molar-refractivity contribution >= 4 is 10.0 Å². The molecule has 0 amide bonds. The van der Waals surface area contributed by atoms with Crippen LogP contribution < -0.4 is 9.47 Å². The molecule has 2 rings (SSSR count). The molecule has 1 saturated heterocycles. The third-order valence-electron chi connectivity index (χ3n) is 3.74. The number of methoxy groups -OCH3 is 1. The molecule has 1 heterocycles. The molecule has 0 aromatic heterocycles. The zero-order valence-electron chi connectivity index (χ0n) is 12.8. The van der Waals surface area contributed by atoms with Crippen LogP contribution in [0.15, 0.2) is 18.2 Å². The first kappa shape index (κ1) is 16.1. The maximum Gasteiger partial charge on any atom is 0.211 e. The molecule has 6 heteroatoms. The molecule has 5 nitrogen and oxygen atoms in total. The maximum atomic E-state index is 11.6. The van der Waals surface area contributed by atoms with Crippen LogP contribution in [-0.2, 0) is 10.0 Å². The second kappa shape index (κ2) is 6.66. The predicted octanol–water partition coefficient (Wildman–Crippen LogP) is 2.05. The highest BCUT2D eigenvalue weighted by Crippen LogP contribution is 2.29. The molecule has 1 aliphatic rings. The lowest BCUT2D eigenvalue weighted by Crippen LogP contribution is -2.40. The topological polar surface area (TPSA) is 55.8 Å². The molecule has 1 aromatic rings. The van der Waals surface area contributed by atoms with Crippen LogP contribution in [0.4, 0.5) is 0 Å². The first-order valence-electron chi connectivity index (χ1n) is 7.12. The average Bonchev–Trinajstić information content (AvgIpc) is 2.45. The fraction of sp³-hybridized carbons (Fsp3) is 0.600. The highest BCUT2D eigenvalue weighted by molar-refractivity contribution is 7.88. The van der Waals surface area contributed by atoms with Gasteiger partial charge in [-0.3, -0.25) is 0 Å². The Labute approximate surface area is 126 Å². The third kappa shape index (κ3) is 4.35. The van der Waals surface area contributed by atoms with Gasteiger partial charge in [0, 0.05) is 19.0 Å². The summed E-state index contributed by atoms with van der Waals surface area (Å²) in [5.74, 6) is 1.64. The molecule has 0 N–H and O–H groups in total. The lowest BCUT2D eigenvalue weighted by atomic mass is 10.0. The van der Waals surface area contributed by atoms with Crippen molar-refractivity contribution in [2.75, 3.05) is 33.1 Å². The van der Waals surface area contributed by atoms with E-state index in [9.17, 15) is 8.42 Å². The molecule has 0 saturated carbocycles. The molecule has 118 valence electrons. The van der Waals surface area contributed by atoms with Gasteiger partial charge in [-0.1, -0.05) is 6.07 Å². The standard InChI is InChI=1S/C15H23NO4S/c1-12-6-7-14(15(9-12)19-2)20-11-13-5-4-8-16(10-13)21(3,17)18/h6-7,9,13H,4-5,8,10-11H2,1-3H3. The summed E-state index contributed by atoms with van der Waals surface area (Å²) in [6.07, 6.45) is 3.13. The van der Waals surface area contributed by atoms with Gasteiger partial charge in [-0.2, -0.15) is 0 Å². The van der Waals surface area contributed by atoms with Crippen molar-refractivity contribution in [1.29, 1.82) is 0 Å². The van der Waals surface area contributed by atoms with Crippen LogP contribution in [0.1, 0.15) is 18.4 Å². The number of hydrogen-bond donors (Lipinski definition) is 0. The molecule has 1 aliphatic heterocycles. The summed E-state index contributed by atoms with van der Waals surface area (Å²) < 4.78 is 35.9. The molecule has 0 radical (unpaired) electrons. The van der Waals surface area contributed by atoms with Gasteiger partial charge >= 0.3 is 0 Å². The zero-order chi connectivity index (χ0) is 15.5. The van der Waals surface area contributed by atoms with E-state index in [1.54, 1.807) is 7.11 Å². The van der Waals surface area contributed by atoms with Gasteiger partial charge in [-0.25, -0.2) is 12.7 Å². The molecular weight excluding hydrogens is 290 g/mol. The molecule has 0 spiro atoms. The number of benzene rings is 1. The van der Waals surface area contributed by atoms with Crippen LogP contribution in [0.5, 0.6) is 11.5 Å². The molecular formula is C15H23NO4S. The van der Waals surface area contributed by atoms with E-state index in [0.29, 0.717) is 31.2 Å². The second-order valence-electron chi connectivity index (χ2n) is 5.59.